The highest BCUT2D eigenvalue weighted by Gasteiger charge is 2.47. The molecule has 6 rings (SSSR count). The lowest BCUT2D eigenvalue weighted by atomic mass is 9.89. The van der Waals surface area contributed by atoms with E-state index in [1.807, 2.05) is 6.07 Å². The van der Waals surface area contributed by atoms with E-state index in [9.17, 15) is 17.2 Å². The lowest BCUT2D eigenvalue weighted by Crippen LogP contribution is -2.50. The summed E-state index contributed by atoms with van der Waals surface area (Å²) in [5.74, 6) is -1.70. The highest BCUT2D eigenvalue weighted by Crippen LogP contribution is 2.45. The first-order chi connectivity index (χ1) is 17.1. The Morgan fingerprint density at radius 2 is 1.97 bits per heavy atom. The van der Waals surface area contributed by atoms with Crippen LogP contribution in [0.15, 0.2) is 28.2 Å². The van der Waals surface area contributed by atoms with Crippen LogP contribution in [0.4, 0.5) is 8.78 Å². The number of hydrogen-bond acceptors (Lipinski definition) is 5. The zero-order chi connectivity index (χ0) is 25.2. The van der Waals surface area contributed by atoms with Gasteiger partial charge in [-0.05, 0) is 67.7 Å². The minimum atomic E-state index is -4.08. The Labute approximate surface area is 208 Å². The molecule has 3 fully saturated rings. The third kappa shape index (κ3) is 4.36. The highest BCUT2D eigenvalue weighted by atomic mass is 32.2. The van der Waals surface area contributed by atoms with Crippen molar-refractivity contribution in [2.75, 3.05) is 6.54 Å². The van der Waals surface area contributed by atoms with E-state index in [4.69, 9.17) is 11.1 Å². The summed E-state index contributed by atoms with van der Waals surface area (Å²) in [6.45, 7) is 0.622. The number of guanidine groups is 1. The van der Waals surface area contributed by atoms with Crippen LogP contribution in [0.5, 0.6) is 0 Å². The van der Waals surface area contributed by atoms with Gasteiger partial charge in [-0.3, -0.25) is 20.3 Å². The number of rotatable bonds is 8. The predicted molar refractivity (Wildman–Crippen MR) is 133 cm³/mol. The number of sulfonamides is 1. The van der Waals surface area contributed by atoms with Crippen molar-refractivity contribution in [3.63, 3.8) is 0 Å². The summed E-state index contributed by atoms with van der Waals surface area (Å²) in [4.78, 5) is 10.8. The van der Waals surface area contributed by atoms with E-state index in [0.717, 1.165) is 54.2 Å². The molecule has 0 spiro atoms. The second kappa shape index (κ2) is 8.44. The van der Waals surface area contributed by atoms with Crippen molar-refractivity contribution in [3.05, 3.63) is 35.2 Å². The van der Waals surface area contributed by atoms with Crippen LogP contribution in [0.2, 0.25) is 0 Å². The van der Waals surface area contributed by atoms with Crippen molar-refractivity contribution < 1.29 is 17.2 Å². The lowest BCUT2D eigenvalue weighted by molar-refractivity contribution is -0.0876. The second-order valence-corrected chi connectivity index (χ2v) is 12.4. The summed E-state index contributed by atoms with van der Waals surface area (Å²) in [7, 11) is -4.08. The summed E-state index contributed by atoms with van der Waals surface area (Å²) < 4.78 is 56.4. The van der Waals surface area contributed by atoms with Gasteiger partial charge in [0.05, 0.1) is 17.3 Å². The molecule has 36 heavy (non-hydrogen) atoms. The molecule has 1 aromatic carbocycles. The summed E-state index contributed by atoms with van der Waals surface area (Å²) in [6.07, 6.45) is 7.55. The van der Waals surface area contributed by atoms with Crippen LogP contribution < -0.4 is 10.5 Å². The van der Waals surface area contributed by atoms with Crippen LogP contribution in [0, 0.1) is 11.3 Å². The van der Waals surface area contributed by atoms with Gasteiger partial charge in [0, 0.05) is 54.0 Å². The third-order valence-corrected chi connectivity index (χ3v) is 9.38. The molecule has 0 bridgehead atoms. The van der Waals surface area contributed by atoms with Gasteiger partial charge in [-0.15, -0.1) is 0 Å². The zero-order valence-electron chi connectivity index (χ0n) is 19.9. The topological polar surface area (TPSA) is 125 Å². The van der Waals surface area contributed by atoms with Crippen LogP contribution in [0.3, 0.4) is 0 Å². The molecule has 0 radical (unpaired) electrons. The van der Waals surface area contributed by atoms with Gasteiger partial charge in [-0.2, -0.15) is 0 Å². The van der Waals surface area contributed by atoms with Crippen LogP contribution >= 0.6 is 0 Å². The van der Waals surface area contributed by atoms with Crippen molar-refractivity contribution in [2.24, 2.45) is 16.6 Å². The van der Waals surface area contributed by atoms with Gasteiger partial charge in [-0.1, -0.05) is 0 Å². The Balaban J connectivity index is 1.42. The van der Waals surface area contributed by atoms with E-state index in [1.54, 1.807) is 17.2 Å². The molecule has 4 N–H and O–H groups in total. The Morgan fingerprint density at radius 3 is 2.61 bits per heavy atom. The number of aromatic nitrogens is 1. The van der Waals surface area contributed by atoms with Gasteiger partial charge >= 0.3 is 0 Å². The monoisotopic (exact) mass is 516 g/mol. The van der Waals surface area contributed by atoms with Crippen LogP contribution in [-0.2, 0) is 16.4 Å². The Morgan fingerprint density at radius 1 is 1.22 bits per heavy atom. The standard InChI is InChI=1S/C25H30F2N6O2S/c26-25(27)9-16(10-25)32-36(34,35)23-8-18-17(20-12-30-21(7-19(20)23)15-3-4-15)5-6-22(18)33(13-28)24(29)31-11-14-1-2-14/h7-8,12-16,22,28,32H,1-6,9-11H2,(H2,29,31). The molecule has 0 saturated heterocycles. The molecule has 11 heteroatoms. The fraction of sp³-hybridized carbons (Fsp3) is 0.560. The molecule has 0 aliphatic heterocycles. The van der Waals surface area contributed by atoms with Crippen molar-refractivity contribution in [1.29, 1.82) is 5.41 Å². The number of halogens is 2. The van der Waals surface area contributed by atoms with Crippen molar-refractivity contribution in [2.45, 2.75) is 80.2 Å². The van der Waals surface area contributed by atoms with Crippen LogP contribution in [0.1, 0.15) is 73.7 Å². The van der Waals surface area contributed by atoms with E-state index in [0.29, 0.717) is 36.6 Å². The molecule has 8 nitrogen and oxygen atoms in total. The van der Waals surface area contributed by atoms with Gasteiger partial charge in [-0.25, -0.2) is 21.9 Å². The fourth-order valence-corrected chi connectivity index (χ4v) is 6.92. The van der Waals surface area contributed by atoms with Crippen molar-refractivity contribution in [3.8, 4) is 0 Å². The number of nitrogens with one attached hydrogen (secondary N) is 2. The van der Waals surface area contributed by atoms with E-state index >= 15 is 0 Å². The molecule has 192 valence electrons. The molecular formula is C25H30F2N6O2S. The fourth-order valence-electron chi connectivity index (χ4n) is 5.45. The van der Waals surface area contributed by atoms with Gasteiger partial charge in [0.1, 0.15) is 0 Å². The number of nitrogens with two attached hydrogens (primary N) is 1. The van der Waals surface area contributed by atoms with Crippen molar-refractivity contribution >= 4 is 33.1 Å². The average molecular weight is 517 g/mol. The number of nitrogens with zero attached hydrogens (tertiary/aromatic N) is 3. The minimum Gasteiger partial charge on any atom is -0.369 e. The molecule has 1 atom stereocenters. The molecule has 1 unspecified atom stereocenters. The van der Waals surface area contributed by atoms with Gasteiger partial charge < -0.3 is 5.73 Å². The number of hydrogen-bond donors (Lipinski definition) is 3. The summed E-state index contributed by atoms with van der Waals surface area (Å²) >= 11 is 0. The van der Waals surface area contributed by atoms with Crippen LogP contribution in [-0.4, -0.2) is 49.1 Å². The normalized spacial score (nSPS) is 23.9. The molecular weight excluding hydrogens is 486 g/mol. The largest absolute Gasteiger partial charge is 0.369 e. The second-order valence-electron chi connectivity index (χ2n) is 10.7. The first-order valence-electron chi connectivity index (χ1n) is 12.6. The Kier molecular flexibility index (Phi) is 5.56. The first-order valence-corrected chi connectivity index (χ1v) is 14.1. The summed E-state index contributed by atoms with van der Waals surface area (Å²) in [5, 5.41) is 9.33. The van der Waals surface area contributed by atoms with E-state index in [1.165, 1.54) is 0 Å². The van der Waals surface area contributed by atoms with Crippen molar-refractivity contribution in [1.82, 2.24) is 14.6 Å². The molecule has 1 heterocycles. The summed E-state index contributed by atoms with van der Waals surface area (Å²) in [5.41, 5.74) is 8.87. The number of aryl methyl sites for hydroxylation is 1. The van der Waals surface area contributed by atoms with Gasteiger partial charge in [0.25, 0.3) is 5.92 Å². The number of benzene rings is 1. The maximum absolute atomic E-state index is 13.5. The first kappa shape index (κ1) is 23.7. The average Bonchev–Trinajstić information content (AvgIpc) is 3.74. The molecule has 1 aromatic heterocycles. The predicted octanol–water partition coefficient (Wildman–Crippen LogP) is 3.81. The Hall–Kier alpha value is -2.66. The van der Waals surface area contributed by atoms with E-state index in [2.05, 4.69) is 14.7 Å². The molecule has 0 amide bonds. The molecule has 4 aliphatic rings. The maximum atomic E-state index is 13.5. The Bertz CT molecular complexity index is 1360. The molecule has 4 aliphatic carbocycles. The lowest BCUT2D eigenvalue weighted by Gasteiger charge is -2.35. The van der Waals surface area contributed by atoms with Crippen LogP contribution in [0.25, 0.3) is 10.8 Å². The minimum absolute atomic E-state index is 0.0705. The van der Waals surface area contributed by atoms with E-state index in [-0.39, 0.29) is 16.9 Å². The maximum Gasteiger partial charge on any atom is 0.251 e. The quantitative estimate of drug-likeness (QED) is 0.364. The number of pyridine rings is 1. The smallest absolute Gasteiger partial charge is 0.251 e. The van der Waals surface area contributed by atoms with Gasteiger partial charge in [0.15, 0.2) is 5.96 Å². The molecule has 2 aromatic rings. The number of aliphatic imine (C=N–C) groups is 1. The summed E-state index contributed by atoms with van der Waals surface area (Å²) in [6, 6.07) is 2.37. The number of fused-ring (bicyclic) bond motifs is 3. The van der Waals surface area contributed by atoms with Gasteiger partial charge in [0.2, 0.25) is 10.0 Å². The highest BCUT2D eigenvalue weighted by molar-refractivity contribution is 7.89. The molecule has 3 saturated carbocycles. The number of alkyl halides is 2. The third-order valence-electron chi connectivity index (χ3n) is 7.82. The zero-order valence-corrected chi connectivity index (χ0v) is 20.7. The van der Waals surface area contributed by atoms with E-state index < -0.39 is 34.8 Å². The SMILES string of the molecule is N=CN(C(N)=NCC1CC1)C1CCc2c1cc(S(=O)(=O)NC1CC(F)(F)C1)c1cc(C3CC3)ncc21.